The van der Waals surface area contributed by atoms with Crippen LogP contribution in [0.3, 0.4) is 0 Å². The molecule has 1 fully saturated rings. The number of alkyl halides is 2. The minimum atomic E-state index is -2.69. The molecule has 6 heteroatoms. The number of rotatable bonds is 3. The van der Waals surface area contributed by atoms with Gasteiger partial charge in [-0.1, -0.05) is 0 Å². The van der Waals surface area contributed by atoms with Crippen LogP contribution in [-0.2, 0) is 9.59 Å². The highest BCUT2D eigenvalue weighted by molar-refractivity contribution is 5.84. The molecule has 1 aliphatic rings. The second-order valence-electron chi connectivity index (χ2n) is 4.55. The zero-order valence-electron chi connectivity index (χ0n) is 9.71. The molecule has 0 bridgehead atoms. The van der Waals surface area contributed by atoms with Crippen LogP contribution < -0.4 is 5.32 Å². The third-order valence-electron chi connectivity index (χ3n) is 3.05. The number of amides is 1. The molecule has 0 saturated heterocycles. The predicted octanol–water partition coefficient (Wildman–Crippen LogP) is 1.79. The van der Waals surface area contributed by atoms with Crippen LogP contribution >= 0.6 is 0 Å². The summed E-state index contributed by atoms with van der Waals surface area (Å²) >= 11 is 0. The molecule has 1 aliphatic carbocycles. The Bertz CT molecular complexity index is 307. The van der Waals surface area contributed by atoms with Crippen molar-refractivity contribution < 1.29 is 23.5 Å². The van der Waals surface area contributed by atoms with Crippen molar-refractivity contribution >= 4 is 11.9 Å². The number of carboxylic acids is 1. The van der Waals surface area contributed by atoms with E-state index in [1.807, 2.05) is 0 Å². The first kappa shape index (κ1) is 13.9. The summed E-state index contributed by atoms with van der Waals surface area (Å²) in [5.74, 6) is -4.74. The molecule has 17 heavy (non-hydrogen) atoms. The van der Waals surface area contributed by atoms with Crippen molar-refractivity contribution in [1.29, 1.82) is 0 Å². The summed E-state index contributed by atoms with van der Waals surface area (Å²) in [6, 6.07) is -0.980. The number of halogens is 2. The Morgan fingerprint density at radius 1 is 1.35 bits per heavy atom. The van der Waals surface area contributed by atoms with Crippen molar-refractivity contribution in [3.8, 4) is 0 Å². The van der Waals surface area contributed by atoms with E-state index in [9.17, 15) is 18.4 Å². The van der Waals surface area contributed by atoms with E-state index in [-0.39, 0.29) is 19.3 Å². The van der Waals surface area contributed by atoms with Crippen LogP contribution in [0.25, 0.3) is 0 Å². The first-order chi connectivity index (χ1) is 7.82. The average Bonchev–Trinajstić information content (AvgIpc) is 2.39. The molecule has 98 valence electrons. The van der Waals surface area contributed by atoms with E-state index in [1.165, 1.54) is 6.92 Å². The highest BCUT2D eigenvalue weighted by Gasteiger charge is 2.35. The molecule has 0 aromatic heterocycles. The largest absolute Gasteiger partial charge is 0.480 e. The van der Waals surface area contributed by atoms with Gasteiger partial charge in [-0.25, -0.2) is 8.78 Å². The summed E-state index contributed by atoms with van der Waals surface area (Å²) < 4.78 is 26.1. The lowest BCUT2D eigenvalue weighted by Gasteiger charge is -2.16. The lowest BCUT2D eigenvalue weighted by molar-refractivity contribution is -0.142. The fraction of sp³-hybridized carbons (Fsp3) is 0.818. The number of hydrogen-bond donors (Lipinski definition) is 2. The summed E-state index contributed by atoms with van der Waals surface area (Å²) in [7, 11) is 0. The maximum absolute atomic E-state index is 13.1. The molecule has 1 rings (SSSR count). The zero-order chi connectivity index (χ0) is 13.1. The standard InChI is InChI=1S/C11H17F2NO3/c1-7(10(16)17)14-9(15)8-3-2-5-11(12,13)6-4-8/h7-8H,2-6H2,1H3,(H,14,15)(H,16,17). The van der Waals surface area contributed by atoms with Gasteiger partial charge in [0.15, 0.2) is 0 Å². The number of aliphatic carboxylic acids is 1. The minimum Gasteiger partial charge on any atom is -0.480 e. The van der Waals surface area contributed by atoms with E-state index in [0.717, 1.165) is 0 Å². The van der Waals surface area contributed by atoms with Gasteiger partial charge in [0.05, 0.1) is 0 Å². The van der Waals surface area contributed by atoms with Crippen molar-refractivity contribution in [3.63, 3.8) is 0 Å². The Morgan fingerprint density at radius 3 is 2.59 bits per heavy atom. The molecule has 0 heterocycles. The van der Waals surface area contributed by atoms with Crippen LogP contribution in [0.2, 0.25) is 0 Å². The van der Waals surface area contributed by atoms with Crippen molar-refractivity contribution in [3.05, 3.63) is 0 Å². The lowest BCUT2D eigenvalue weighted by atomic mass is 9.99. The Hall–Kier alpha value is -1.20. The second kappa shape index (κ2) is 5.42. The number of nitrogens with one attached hydrogen (secondary N) is 1. The first-order valence-electron chi connectivity index (χ1n) is 5.73. The second-order valence-corrected chi connectivity index (χ2v) is 4.55. The van der Waals surface area contributed by atoms with Gasteiger partial charge in [-0.05, 0) is 26.2 Å². The van der Waals surface area contributed by atoms with Gasteiger partial charge >= 0.3 is 5.97 Å². The Kier molecular flexibility index (Phi) is 4.42. The SMILES string of the molecule is CC(NC(=O)C1CCCC(F)(F)CC1)C(=O)O. The Morgan fingerprint density at radius 2 is 2.00 bits per heavy atom. The van der Waals surface area contributed by atoms with Gasteiger partial charge in [-0.3, -0.25) is 9.59 Å². The monoisotopic (exact) mass is 249 g/mol. The van der Waals surface area contributed by atoms with Crippen LogP contribution in [0.5, 0.6) is 0 Å². The van der Waals surface area contributed by atoms with Crippen LogP contribution in [0.15, 0.2) is 0 Å². The van der Waals surface area contributed by atoms with Gasteiger partial charge in [0.1, 0.15) is 6.04 Å². The molecular weight excluding hydrogens is 232 g/mol. The van der Waals surface area contributed by atoms with Crippen LogP contribution in [0.4, 0.5) is 8.78 Å². The van der Waals surface area contributed by atoms with E-state index in [0.29, 0.717) is 12.8 Å². The van der Waals surface area contributed by atoms with Crippen molar-refractivity contribution in [2.75, 3.05) is 0 Å². The maximum Gasteiger partial charge on any atom is 0.325 e. The highest BCUT2D eigenvalue weighted by Crippen LogP contribution is 2.34. The molecule has 1 saturated carbocycles. The number of carboxylic acid groups (broad SMARTS) is 1. The van der Waals surface area contributed by atoms with E-state index in [1.54, 1.807) is 0 Å². The van der Waals surface area contributed by atoms with Gasteiger partial charge in [0, 0.05) is 18.8 Å². The molecule has 0 aliphatic heterocycles. The van der Waals surface area contributed by atoms with E-state index >= 15 is 0 Å². The molecule has 2 N–H and O–H groups in total. The van der Waals surface area contributed by atoms with Crippen LogP contribution in [-0.4, -0.2) is 28.9 Å². The zero-order valence-corrected chi connectivity index (χ0v) is 9.71. The molecule has 1 amide bonds. The number of carbonyl (C=O) groups is 2. The molecule has 2 unspecified atom stereocenters. The molecular formula is C11H17F2NO3. The average molecular weight is 249 g/mol. The lowest BCUT2D eigenvalue weighted by Crippen LogP contribution is -2.41. The normalized spacial score (nSPS) is 25.7. The summed E-state index contributed by atoms with van der Waals surface area (Å²) in [4.78, 5) is 22.2. The summed E-state index contributed by atoms with van der Waals surface area (Å²) in [5, 5.41) is 11.0. The maximum atomic E-state index is 13.1. The van der Waals surface area contributed by atoms with Crippen molar-refractivity contribution in [2.45, 2.75) is 51.0 Å². The van der Waals surface area contributed by atoms with Crippen molar-refractivity contribution in [1.82, 2.24) is 5.32 Å². The van der Waals surface area contributed by atoms with Gasteiger partial charge < -0.3 is 10.4 Å². The van der Waals surface area contributed by atoms with Gasteiger partial charge in [-0.15, -0.1) is 0 Å². The van der Waals surface area contributed by atoms with E-state index in [2.05, 4.69) is 5.32 Å². The van der Waals surface area contributed by atoms with Gasteiger partial charge in [0.25, 0.3) is 0 Å². The molecule has 0 aromatic carbocycles. The van der Waals surface area contributed by atoms with Gasteiger partial charge in [-0.2, -0.15) is 0 Å². The summed E-state index contributed by atoms with van der Waals surface area (Å²) in [6.45, 7) is 1.35. The van der Waals surface area contributed by atoms with Crippen LogP contribution in [0, 0.1) is 5.92 Å². The number of hydrogen-bond acceptors (Lipinski definition) is 2. The van der Waals surface area contributed by atoms with Crippen LogP contribution in [0.1, 0.15) is 39.0 Å². The third-order valence-corrected chi connectivity index (χ3v) is 3.05. The molecule has 4 nitrogen and oxygen atoms in total. The summed E-state index contributed by atoms with van der Waals surface area (Å²) in [6.07, 6.45) is 0.323. The fourth-order valence-corrected chi connectivity index (χ4v) is 1.92. The quantitative estimate of drug-likeness (QED) is 0.749. The minimum absolute atomic E-state index is 0.116. The molecule has 0 radical (unpaired) electrons. The fourth-order valence-electron chi connectivity index (χ4n) is 1.92. The molecule has 0 aromatic rings. The first-order valence-corrected chi connectivity index (χ1v) is 5.73. The Balaban J connectivity index is 2.50. The van der Waals surface area contributed by atoms with Gasteiger partial charge in [0.2, 0.25) is 11.8 Å². The molecule has 2 atom stereocenters. The predicted molar refractivity (Wildman–Crippen MR) is 56.8 cm³/mol. The van der Waals surface area contributed by atoms with E-state index in [4.69, 9.17) is 5.11 Å². The molecule has 0 spiro atoms. The smallest absolute Gasteiger partial charge is 0.325 e. The third kappa shape index (κ3) is 4.28. The van der Waals surface area contributed by atoms with Crippen molar-refractivity contribution in [2.24, 2.45) is 5.92 Å². The number of carbonyl (C=O) groups excluding carboxylic acids is 1. The van der Waals surface area contributed by atoms with E-state index < -0.39 is 29.8 Å². The highest BCUT2D eigenvalue weighted by atomic mass is 19.3. The Labute approximate surface area is 98.4 Å². The summed E-state index contributed by atoms with van der Waals surface area (Å²) in [5.41, 5.74) is 0. The topological polar surface area (TPSA) is 66.4 Å².